The minimum atomic E-state index is -4.47. The van der Waals surface area contributed by atoms with Gasteiger partial charge in [-0.25, -0.2) is 9.67 Å². The van der Waals surface area contributed by atoms with Crippen molar-refractivity contribution >= 4 is 23.4 Å². The first-order chi connectivity index (χ1) is 9.29. The maximum Gasteiger partial charge on any atom is 0.417 e. The molecule has 0 spiro atoms. The summed E-state index contributed by atoms with van der Waals surface area (Å²) in [4.78, 5) is 3.72. The molecule has 0 bridgehead atoms. The average molecular weight is 324 g/mol. The highest BCUT2D eigenvalue weighted by molar-refractivity contribution is 7.99. The molecule has 0 saturated heterocycles. The Morgan fingerprint density at radius 1 is 1.35 bits per heavy atom. The monoisotopic (exact) mass is 323 g/mol. The van der Waals surface area contributed by atoms with E-state index < -0.39 is 11.7 Å². The Morgan fingerprint density at radius 2 is 2.05 bits per heavy atom. The lowest BCUT2D eigenvalue weighted by Crippen LogP contribution is -2.06. The topological polar surface area (TPSA) is 56.5 Å². The number of halogens is 4. The second kappa shape index (κ2) is 5.57. The molecule has 2 aromatic rings. The fraction of sp³-hybridized carbons (Fsp3) is 0.400. The third kappa shape index (κ3) is 3.21. The van der Waals surface area contributed by atoms with Gasteiger partial charge in [0, 0.05) is 6.20 Å². The molecule has 20 heavy (non-hydrogen) atoms. The number of tetrazole rings is 1. The van der Waals surface area contributed by atoms with Crippen molar-refractivity contribution in [3.63, 3.8) is 0 Å². The van der Waals surface area contributed by atoms with Crippen molar-refractivity contribution in [1.82, 2.24) is 25.2 Å². The summed E-state index contributed by atoms with van der Waals surface area (Å²) in [5.74, 6) is 0. The summed E-state index contributed by atoms with van der Waals surface area (Å²) in [6, 6.07) is 0.848. The minimum absolute atomic E-state index is 0.0146. The van der Waals surface area contributed by atoms with Crippen LogP contribution in [0.4, 0.5) is 13.2 Å². The number of hydrogen-bond acceptors (Lipinski definition) is 5. The van der Waals surface area contributed by atoms with E-state index >= 15 is 0 Å². The highest BCUT2D eigenvalue weighted by Gasteiger charge is 2.31. The van der Waals surface area contributed by atoms with Crippen LogP contribution in [-0.2, 0) is 6.18 Å². The van der Waals surface area contributed by atoms with Crippen LogP contribution < -0.4 is 0 Å². The predicted octanol–water partition coefficient (Wildman–Crippen LogP) is 3.47. The summed E-state index contributed by atoms with van der Waals surface area (Å²) in [5.41, 5.74) is -0.893. The lowest BCUT2D eigenvalue weighted by molar-refractivity contribution is -0.137. The van der Waals surface area contributed by atoms with Gasteiger partial charge in [-0.05, 0) is 42.1 Å². The smallest absolute Gasteiger partial charge is 0.247 e. The summed E-state index contributed by atoms with van der Waals surface area (Å²) >= 11 is 6.83. The minimum Gasteiger partial charge on any atom is -0.247 e. The standard InChI is InChI=1S/C10H9ClF3N5S/c1-5(2)19-9(16-17-18-19)20-8-7(11)3-6(4-15-8)10(12,13)14/h3-5H,1-2H3. The molecule has 10 heteroatoms. The van der Waals surface area contributed by atoms with Crippen LogP contribution in [-0.4, -0.2) is 25.2 Å². The molecule has 0 atom stereocenters. The zero-order valence-corrected chi connectivity index (χ0v) is 12.0. The van der Waals surface area contributed by atoms with Crippen LogP contribution >= 0.6 is 23.4 Å². The average Bonchev–Trinajstić information content (AvgIpc) is 2.78. The Balaban J connectivity index is 2.29. The first-order valence-corrected chi connectivity index (χ1v) is 6.67. The molecule has 5 nitrogen and oxygen atoms in total. The highest BCUT2D eigenvalue weighted by atomic mass is 35.5. The molecule has 0 aliphatic carbocycles. The summed E-state index contributed by atoms with van der Waals surface area (Å²) in [7, 11) is 0. The highest BCUT2D eigenvalue weighted by Crippen LogP contribution is 2.35. The van der Waals surface area contributed by atoms with E-state index in [1.54, 1.807) is 0 Å². The molecule has 0 aliphatic rings. The van der Waals surface area contributed by atoms with E-state index in [4.69, 9.17) is 11.6 Å². The van der Waals surface area contributed by atoms with Crippen molar-refractivity contribution in [2.45, 2.75) is 36.2 Å². The largest absolute Gasteiger partial charge is 0.417 e. The fourth-order valence-corrected chi connectivity index (χ4v) is 2.45. The SMILES string of the molecule is CC(C)n1nnnc1Sc1ncc(C(F)(F)F)cc1Cl. The van der Waals surface area contributed by atoms with E-state index in [0.29, 0.717) is 5.16 Å². The van der Waals surface area contributed by atoms with Gasteiger partial charge in [-0.1, -0.05) is 11.6 Å². The Labute approximate surface area is 121 Å². The zero-order chi connectivity index (χ0) is 14.9. The predicted molar refractivity (Wildman–Crippen MR) is 66.6 cm³/mol. The summed E-state index contributed by atoms with van der Waals surface area (Å²) < 4.78 is 39.0. The molecule has 2 heterocycles. The zero-order valence-electron chi connectivity index (χ0n) is 10.4. The molecule has 0 saturated carbocycles. The Kier molecular flexibility index (Phi) is 4.19. The van der Waals surface area contributed by atoms with Crippen molar-refractivity contribution in [3.8, 4) is 0 Å². The maximum atomic E-state index is 12.5. The van der Waals surface area contributed by atoms with Crippen molar-refractivity contribution in [3.05, 3.63) is 22.8 Å². The number of rotatable bonds is 3. The van der Waals surface area contributed by atoms with Crippen LogP contribution in [0.5, 0.6) is 0 Å². The van der Waals surface area contributed by atoms with Gasteiger partial charge < -0.3 is 0 Å². The van der Waals surface area contributed by atoms with Crippen LogP contribution in [0.15, 0.2) is 22.4 Å². The quantitative estimate of drug-likeness (QED) is 0.865. The van der Waals surface area contributed by atoms with Crippen LogP contribution in [0.25, 0.3) is 0 Å². The molecule has 0 amide bonds. The van der Waals surface area contributed by atoms with Crippen LogP contribution in [0.3, 0.4) is 0 Å². The van der Waals surface area contributed by atoms with Crippen molar-refractivity contribution in [2.24, 2.45) is 0 Å². The Morgan fingerprint density at radius 3 is 2.60 bits per heavy atom. The molecular formula is C10H9ClF3N5S. The van der Waals surface area contributed by atoms with E-state index in [9.17, 15) is 13.2 Å². The van der Waals surface area contributed by atoms with Gasteiger partial charge in [0.15, 0.2) is 0 Å². The molecule has 0 aromatic carbocycles. The molecule has 0 aliphatic heterocycles. The lowest BCUT2D eigenvalue weighted by atomic mass is 10.3. The second-order valence-corrected chi connectivity index (χ2v) is 5.47. The van der Waals surface area contributed by atoms with Gasteiger partial charge in [-0.2, -0.15) is 13.2 Å². The van der Waals surface area contributed by atoms with Gasteiger partial charge in [0.05, 0.1) is 16.6 Å². The molecule has 0 radical (unpaired) electrons. The van der Waals surface area contributed by atoms with Gasteiger partial charge in [-0.3, -0.25) is 0 Å². The summed E-state index contributed by atoms with van der Waals surface area (Å²) in [6.07, 6.45) is -3.74. The molecule has 2 aromatic heterocycles. The van der Waals surface area contributed by atoms with Gasteiger partial charge in [0.2, 0.25) is 5.16 Å². The number of hydrogen-bond donors (Lipinski definition) is 0. The van der Waals surface area contributed by atoms with Crippen molar-refractivity contribution in [1.29, 1.82) is 0 Å². The lowest BCUT2D eigenvalue weighted by Gasteiger charge is -2.09. The van der Waals surface area contributed by atoms with Crippen molar-refractivity contribution in [2.75, 3.05) is 0 Å². The Bertz CT molecular complexity index is 613. The van der Waals surface area contributed by atoms with E-state index in [1.165, 1.54) is 4.68 Å². The van der Waals surface area contributed by atoms with Crippen molar-refractivity contribution < 1.29 is 13.2 Å². The second-order valence-electron chi connectivity index (χ2n) is 4.11. The molecule has 0 fully saturated rings. The van der Waals surface area contributed by atoms with Gasteiger partial charge >= 0.3 is 6.18 Å². The number of nitrogens with zero attached hydrogens (tertiary/aromatic N) is 5. The molecular weight excluding hydrogens is 315 g/mol. The first kappa shape index (κ1) is 15.0. The summed E-state index contributed by atoms with van der Waals surface area (Å²) in [5, 5.41) is 11.6. The van der Waals surface area contributed by atoms with Crippen LogP contribution in [0, 0.1) is 0 Å². The third-order valence-electron chi connectivity index (χ3n) is 2.27. The molecule has 108 valence electrons. The van der Waals surface area contributed by atoms with Crippen LogP contribution in [0.1, 0.15) is 25.5 Å². The third-order valence-corrected chi connectivity index (χ3v) is 3.64. The van der Waals surface area contributed by atoms with E-state index in [2.05, 4.69) is 20.5 Å². The summed E-state index contributed by atoms with van der Waals surface area (Å²) in [6.45, 7) is 3.75. The van der Waals surface area contributed by atoms with Gasteiger partial charge in [0.1, 0.15) is 5.03 Å². The first-order valence-electron chi connectivity index (χ1n) is 5.47. The van der Waals surface area contributed by atoms with E-state index in [1.807, 2.05) is 13.8 Å². The normalized spacial score (nSPS) is 12.2. The fourth-order valence-electron chi connectivity index (χ4n) is 1.32. The van der Waals surface area contributed by atoms with Gasteiger partial charge in [-0.15, -0.1) is 5.10 Å². The number of aromatic nitrogens is 5. The molecule has 2 rings (SSSR count). The number of alkyl halides is 3. The number of pyridine rings is 1. The molecule has 0 unspecified atom stereocenters. The van der Waals surface area contributed by atoms with E-state index in [-0.39, 0.29) is 16.1 Å². The van der Waals surface area contributed by atoms with Gasteiger partial charge in [0.25, 0.3) is 0 Å². The Hall–Kier alpha value is -1.35. The maximum absolute atomic E-state index is 12.5. The van der Waals surface area contributed by atoms with Crippen LogP contribution in [0.2, 0.25) is 5.02 Å². The van der Waals surface area contributed by atoms with E-state index in [0.717, 1.165) is 24.0 Å². The molecule has 0 N–H and O–H groups in total.